The largest absolute Gasteiger partial charge is 0.497 e. The zero-order valence-electron chi connectivity index (χ0n) is 17.8. The summed E-state index contributed by atoms with van der Waals surface area (Å²) < 4.78 is 25.5. The molecule has 0 spiro atoms. The van der Waals surface area contributed by atoms with Crippen molar-refractivity contribution in [3.8, 4) is 5.75 Å². The van der Waals surface area contributed by atoms with Gasteiger partial charge in [0.1, 0.15) is 23.1 Å². The first-order valence-electron chi connectivity index (χ1n) is 10.5. The fourth-order valence-corrected chi connectivity index (χ4v) is 4.58. The van der Waals surface area contributed by atoms with Crippen LogP contribution in [0.15, 0.2) is 72.9 Å². The van der Waals surface area contributed by atoms with E-state index in [4.69, 9.17) is 9.47 Å². The van der Waals surface area contributed by atoms with E-state index in [0.29, 0.717) is 39.8 Å². The van der Waals surface area contributed by atoms with Gasteiger partial charge >= 0.3 is 0 Å². The molecule has 2 atom stereocenters. The number of nitrogens with one attached hydrogen (secondary N) is 2. The summed E-state index contributed by atoms with van der Waals surface area (Å²) in [6, 6.07) is 18.7. The van der Waals surface area contributed by atoms with Crippen LogP contribution in [-0.4, -0.2) is 30.4 Å². The third-order valence-corrected chi connectivity index (χ3v) is 6.17. The third-order valence-electron chi connectivity index (χ3n) is 6.17. The van der Waals surface area contributed by atoms with E-state index in [0.717, 1.165) is 5.56 Å². The van der Waals surface area contributed by atoms with Gasteiger partial charge in [0.2, 0.25) is 5.91 Å². The van der Waals surface area contributed by atoms with Gasteiger partial charge in [0.05, 0.1) is 13.7 Å². The molecule has 1 aliphatic heterocycles. The van der Waals surface area contributed by atoms with Crippen molar-refractivity contribution in [2.45, 2.75) is 18.1 Å². The Morgan fingerprint density at radius 1 is 1.06 bits per heavy atom. The van der Waals surface area contributed by atoms with Gasteiger partial charge in [-0.15, -0.1) is 0 Å². The first-order chi connectivity index (χ1) is 16.1. The van der Waals surface area contributed by atoms with Crippen LogP contribution >= 0.6 is 0 Å². The number of ether oxygens (including phenoxy) is 2. The van der Waals surface area contributed by atoms with Crippen molar-refractivity contribution >= 4 is 28.8 Å². The summed E-state index contributed by atoms with van der Waals surface area (Å²) >= 11 is 0. The van der Waals surface area contributed by atoms with Gasteiger partial charge in [-0.2, -0.15) is 0 Å². The van der Waals surface area contributed by atoms with Crippen molar-refractivity contribution in [1.82, 2.24) is 4.98 Å². The van der Waals surface area contributed by atoms with Crippen molar-refractivity contribution in [2.24, 2.45) is 0 Å². The second-order valence-corrected chi connectivity index (χ2v) is 7.92. The molecule has 4 aromatic rings. The molecule has 1 amide bonds. The predicted molar refractivity (Wildman–Crippen MR) is 122 cm³/mol. The summed E-state index contributed by atoms with van der Waals surface area (Å²) in [4.78, 5) is 29.2. The summed E-state index contributed by atoms with van der Waals surface area (Å²) in [5, 5.41) is 3.40. The minimum atomic E-state index is -1.49. The van der Waals surface area contributed by atoms with E-state index in [1.807, 2.05) is 12.1 Å². The van der Waals surface area contributed by atoms with Gasteiger partial charge in [0.25, 0.3) is 0 Å². The molecule has 0 saturated heterocycles. The normalized spacial score (nSPS) is 18.1. The van der Waals surface area contributed by atoms with Crippen LogP contribution in [0.25, 0.3) is 10.9 Å². The number of hydrogen-bond donors (Lipinski definition) is 2. The van der Waals surface area contributed by atoms with Crippen molar-refractivity contribution in [3.63, 3.8) is 0 Å². The molecule has 5 rings (SSSR count). The number of para-hydroxylation sites is 1. The molecule has 7 heteroatoms. The fraction of sp³-hybridized carbons (Fsp3) is 0.154. The standard InChI is InChI=1S/C26H21FN2O4/c1-32-18-9-6-16(7-10-18)15-33-24(14-30)26(20-4-2-3-5-23(20)29-25(26)31)21-13-28-22-11-8-17(27)12-19(21)22/h2-14,24,28H,15H2,1H3,(H,29,31). The van der Waals surface area contributed by atoms with E-state index < -0.39 is 23.2 Å². The van der Waals surface area contributed by atoms with E-state index in [9.17, 15) is 14.0 Å². The highest BCUT2D eigenvalue weighted by molar-refractivity contribution is 6.13. The van der Waals surface area contributed by atoms with Crippen LogP contribution in [0.5, 0.6) is 5.75 Å². The minimum Gasteiger partial charge on any atom is -0.497 e. The Labute approximate surface area is 189 Å². The van der Waals surface area contributed by atoms with E-state index in [1.165, 1.54) is 12.1 Å². The van der Waals surface area contributed by atoms with Crippen LogP contribution < -0.4 is 10.1 Å². The number of carbonyl (C=O) groups is 2. The molecule has 0 bridgehead atoms. The summed E-state index contributed by atoms with van der Waals surface area (Å²) in [6.45, 7) is 0.0985. The fourth-order valence-electron chi connectivity index (χ4n) is 4.58. The molecular weight excluding hydrogens is 423 g/mol. The summed E-state index contributed by atoms with van der Waals surface area (Å²) in [7, 11) is 1.58. The molecule has 3 aromatic carbocycles. The lowest BCUT2D eigenvalue weighted by Crippen LogP contribution is -2.48. The number of benzene rings is 3. The van der Waals surface area contributed by atoms with E-state index in [1.54, 1.807) is 55.8 Å². The SMILES string of the molecule is COc1ccc(COC(C=O)C2(c3c[nH]c4ccc(F)cc34)C(=O)Nc3ccccc32)cc1. The van der Waals surface area contributed by atoms with Gasteiger partial charge < -0.3 is 24.6 Å². The Bertz CT molecular complexity index is 1350. The molecule has 2 unspecified atom stereocenters. The topological polar surface area (TPSA) is 80.4 Å². The van der Waals surface area contributed by atoms with Crippen molar-refractivity contribution < 1.29 is 23.5 Å². The maximum atomic E-state index is 14.2. The summed E-state index contributed by atoms with van der Waals surface area (Å²) in [5.74, 6) is -0.139. The van der Waals surface area contributed by atoms with Crippen molar-refractivity contribution in [2.75, 3.05) is 12.4 Å². The number of methoxy groups -OCH3 is 1. The highest BCUT2D eigenvalue weighted by Crippen LogP contribution is 2.48. The molecule has 1 aliphatic rings. The Kier molecular flexibility index (Phi) is 5.18. The summed E-state index contributed by atoms with van der Waals surface area (Å²) in [6.07, 6.45) is 1.13. The van der Waals surface area contributed by atoms with E-state index >= 15 is 0 Å². The van der Waals surface area contributed by atoms with Gasteiger partial charge in [0.15, 0.2) is 6.29 Å². The van der Waals surface area contributed by atoms with E-state index in [2.05, 4.69) is 10.3 Å². The third kappa shape index (κ3) is 3.29. The Hall–Kier alpha value is -3.97. The Morgan fingerprint density at radius 3 is 2.61 bits per heavy atom. The zero-order chi connectivity index (χ0) is 23.0. The number of amides is 1. The molecule has 2 heterocycles. The number of anilines is 1. The molecule has 166 valence electrons. The molecule has 0 radical (unpaired) electrons. The number of aldehydes is 1. The van der Waals surface area contributed by atoms with Gasteiger partial charge in [-0.1, -0.05) is 30.3 Å². The highest BCUT2D eigenvalue weighted by Gasteiger charge is 2.55. The van der Waals surface area contributed by atoms with E-state index in [-0.39, 0.29) is 6.61 Å². The second kappa shape index (κ2) is 8.18. The molecule has 6 nitrogen and oxygen atoms in total. The number of H-pyrrole nitrogens is 1. The summed E-state index contributed by atoms with van der Waals surface area (Å²) in [5.41, 5.74) is 1.65. The van der Waals surface area contributed by atoms with Crippen LogP contribution in [0.1, 0.15) is 16.7 Å². The van der Waals surface area contributed by atoms with Gasteiger partial charge in [-0.05, 0) is 47.5 Å². The van der Waals surface area contributed by atoms with Crippen LogP contribution in [-0.2, 0) is 26.3 Å². The molecule has 0 aliphatic carbocycles. The first kappa shape index (κ1) is 20.9. The smallest absolute Gasteiger partial charge is 0.242 e. The van der Waals surface area contributed by atoms with Crippen LogP contribution in [0, 0.1) is 5.82 Å². The number of halogens is 1. The predicted octanol–water partition coefficient (Wildman–Crippen LogP) is 4.34. The maximum absolute atomic E-state index is 14.2. The number of hydrogen-bond acceptors (Lipinski definition) is 4. The monoisotopic (exact) mass is 444 g/mol. The molecule has 0 saturated carbocycles. The lowest BCUT2D eigenvalue weighted by molar-refractivity contribution is -0.133. The molecule has 1 aromatic heterocycles. The van der Waals surface area contributed by atoms with Crippen LogP contribution in [0.2, 0.25) is 0 Å². The van der Waals surface area contributed by atoms with Crippen LogP contribution in [0.3, 0.4) is 0 Å². The van der Waals surface area contributed by atoms with Crippen molar-refractivity contribution in [3.05, 3.63) is 95.4 Å². The van der Waals surface area contributed by atoms with Gasteiger partial charge in [0, 0.05) is 28.4 Å². The lowest BCUT2D eigenvalue weighted by atomic mass is 9.71. The van der Waals surface area contributed by atoms with Gasteiger partial charge in [-0.3, -0.25) is 4.79 Å². The number of aromatic nitrogens is 1. The zero-order valence-corrected chi connectivity index (χ0v) is 17.8. The minimum absolute atomic E-state index is 0.0985. The lowest BCUT2D eigenvalue weighted by Gasteiger charge is -2.32. The number of rotatable bonds is 7. The highest BCUT2D eigenvalue weighted by atomic mass is 19.1. The van der Waals surface area contributed by atoms with Crippen LogP contribution in [0.4, 0.5) is 10.1 Å². The Balaban J connectivity index is 1.64. The number of aromatic amines is 1. The first-order valence-corrected chi connectivity index (χ1v) is 10.5. The molecular formula is C26H21FN2O4. The van der Waals surface area contributed by atoms with Gasteiger partial charge in [-0.25, -0.2) is 4.39 Å². The number of fused-ring (bicyclic) bond motifs is 2. The van der Waals surface area contributed by atoms with Crippen molar-refractivity contribution in [1.29, 1.82) is 0 Å². The molecule has 0 fully saturated rings. The Morgan fingerprint density at radius 2 is 1.85 bits per heavy atom. The molecule has 33 heavy (non-hydrogen) atoms. The second-order valence-electron chi connectivity index (χ2n) is 7.92. The maximum Gasteiger partial charge on any atom is 0.242 e. The average molecular weight is 444 g/mol. The number of carbonyl (C=O) groups excluding carboxylic acids is 2. The average Bonchev–Trinajstić information content (AvgIpc) is 3.38. The quantitative estimate of drug-likeness (QED) is 0.416. The molecule has 2 N–H and O–H groups in total.